The monoisotopic (exact) mass is 348 g/mol. The number of halogens is 4. The minimum atomic E-state index is -1.74. The predicted molar refractivity (Wildman–Crippen MR) is 76.1 cm³/mol. The van der Waals surface area contributed by atoms with Gasteiger partial charge in [0.25, 0.3) is 11.9 Å². The third-order valence-electron chi connectivity index (χ3n) is 3.47. The zero-order valence-electron chi connectivity index (χ0n) is 13.1. The maximum atomic E-state index is 13.7. The van der Waals surface area contributed by atoms with E-state index < -0.39 is 41.0 Å². The fraction of sp³-hybridized carbons (Fsp3) is 0.500. The van der Waals surface area contributed by atoms with Crippen LogP contribution in [0.2, 0.25) is 0 Å². The van der Waals surface area contributed by atoms with E-state index in [0.717, 1.165) is 4.90 Å². The molecule has 0 unspecified atom stereocenters. The molecule has 6 nitrogen and oxygen atoms in total. The number of amides is 2. The van der Waals surface area contributed by atoms with Gasteiger partial charge in [-0.15, -0.1) is 0 Å². The maximum absolute atomic E-state index is 13.7. The number of anilines is 1. The molecule has 1 aliphatic heterocycles. The van der Waals surface area contributed by atoms with E-state index in [4.69, 9.17) is 0 Å². The van der Waals surface area contributed by atoms with Crippen molar-refractivity contribution >= 4 is 17.5 Å². The van der Waals surface area contributed by atoms with E-state index in [9.17, 15) is 27.2 Å². The maximum Gasteiger partial charge on any atom is 0.312 e. The minimum Gasteiger partial charge on any atom is -0.363 e. The molecule has 2 amide bonds. The van der Waals surface area contributed by atoms with Gasteiger partial charge in [-0.2, -0.15) is 22.5 Å². The summed E-state index contributed by atoms with van der Waals surface area (Å²) in [5, 5.41) is 2.44. The molecule has 24 heavy (non-hydrogen) atoms. The van der Waals surface area contributed by atoms with Crippen molar-refractivity contribution in [2.45, 2.75) is 19.9 Å². The van der Waals surface area contributed by atoms with Crippen LogP contribution in [0.15, 0.2) is 0 Å². The number of carbonyl (C=O) groups is 2. The molecule has 0 radical (unpaired) electrons. The summed E-state index contributed by atoms with van der Waals surface area (Å²) >= 11 is 0. The van der Waals surface area contributed by atoms with E-state index in [0.29, 0.717) is 0 Å². The average Bonchev–Trinajstić information content (AvgIpc) is 2.52. The lowest BCUT2D eigenvalue weighted by molar-refractivity contribution is -0.146. The van der Waals surface area contributed by atoms with Crippen molar-refractivity contribution in [3.63, 3.8) is 0 Å². The second-order valence-corrected chi connectivity index (χ2v) is 5.58. The largest absolute Gasteiger partial charge is 0.363 e. The molecule has 132 valence electrons. The Balaban J connectivity index is 2.09. The highest BCUT2D eigenvalue weighted by Gasteiger charge is 2.31. The smallest absolute Gasteiger partial charge is 0.312 e. The van der Waals surface area contributed by atoms with Crippen molar-refractivity contribution in [1.29, 1.82) is 0 Å². The molecule has 1 N–H and O–H groups in total. The molecule has 0 aliphatic carbocycles. The summed E-state index contributed by atoms with van der Waals surface area (Å²) < 4.78 is 53.8. The van der Waals surface area contributed by atoms with E-state index in [1.165, 1.54) is 4.90 Å². The molecule has 1 aromatic heterocycles. The van der Waals surface area contributed by atoms with Gasteiger partial charge >= 0.3 is 11.8 Å². The molecule has 2 heterocycles. The molecule has 1 saturated heterocycles. The van der Waals surface area contributed by atoms with Crippen LogP contribution in [-0.4, -0.2) is 53.9 Å². The van der Waals surface area contributed by atoms with Crippen molar-refractivity contribution in [2.24, 2.45) is 0 Å². The first kappa shape index (κ1) is 18.0. The number of nitrogens with one attached hydrogen (secondary N) is 1. The molecule has 0 bridgehead atoms. The molecule has 1 fully saturated rings. The highest BCUT2D eigenvalue weighted by Crippen LogP contribution is 2.27. The first-order chi connectivity index (χ1) is 11.2. The van der Waals surface area contributed by atoms with E-state index >= 15 is 0 Å². The van der Waals surface area contributed by atoms with Crippen LogP contribution in [0.3, 0.4) is 0 Å². The van der Waals surface area contributed by atoms with Gasteiger partial charge in [-0.3, -0.25) is 9.59 Å². The van der Waals surface area contributed by atoms with E-state index in [1.807, 2.05) is 0 Å². The Morgan fingerprint density at radius 2 is 1.50 bits per heavy atom. The molecule has 1 aliphatic rings. The van der Waals surface area contributed by atoms with Gasteiger partial charge in [0.1, 0.15) is 5.69 Å². The van der Waals surface area contributed by atoms with Crippen LogP contribution < -0.4 is 10.2 Å². The highest BCUT2D eigenvalue weighted by molar-refractivity contribution is 6.35. The summed E-state index contributed by atoms with van der Waals surface area (Å²) in [6.07, 6.45) is 0. The highest BCUT2D eigenvalue weighted by atomic mass is 19.2. The van der Waals surface area contributed by atoms with Gasteiger partial charge in [0.05, 0.1) is 0 Å². The van der Waals surface area contributed by atoms with Gasteiger partial charge in [0.15, 0.2) is 0 Å². The van der Waals surface area contributed by atoms with Gasteiger partial charge in [-0.25, -0.2) is 0 Å². The third kappa shape index (κ3) is 3.57. The first-order valence-electron chi connectivity index (χ1n) is 7.27. The topological polar surface area (TPSA) is 65.5 Å². The van der Waals surface area contributed by atoms with E-state index in [-0.39, 0.29) is 32.2 Å². The van der Waals surface area contributed by atoms with Crippen LogP contribution in [0.1, 0.15) is 13.8 Å². The van der Waals surface area contributed by atoms with Crippen LogP contribution >= 0.6 is 0 Å². The van der Waals surface area contributed by atoms with Crippen LogP contribution in [0.4, 0.5) is 23.2 Å². The quantitative estimate of drug-likeness (QED) is 0.488. The number of piperazine rings is 1. The zero-order chi connectivity index (χ0) is 18.0. The Bertz CT molecular complexity index is 634. The summed E-state index contributed by atoms with van der Waals surface area (Å²) in [6.45, 7) is 3.18. The Hall–Kier alpha value is -2.39. The molecule has 0 spiro atoms. The lowest BCUT2D eigenvalue weighted by atomic mass is 10.2. The molecular weight excluding hydrogens is 332 g/mol. The summed E-state index contributed by atoms with van der Waals surface area (Å²) in [7, 11) is 0. The van der Waals surface area contributed by atoms with Crippen molar-refractivity contribution in [3.8, 4) is 0 Å². The van der Waals surface area contributed by atoms with E-state index in [1.54, 1.807) is 13.8 Å². The Labute approximate surface area is 135 Å². The molecule has 2 rings (SSSR count). The van der Waals surface area contributed by atoms with Crippen LogP contribution in [0, 0.1) is 23.5 Å². The first-order valence-corrected chi connectivity index (χ1v) is 7.27. The van der Waals surface area contributed by atoms with Crippen LogP contribution in [0.5, 0.6) is 0 Å². The minimum absolute atomic E-state index is 0.0191. The zero-order valence-corrected chi connectivity index (χ0v) is 13.1. The van der Waals surface area contributed by atoms with Crippen molar-refractivity contribution in [1.82, 2.24) is 15.2 Å². The van der Waals surface area contributed by atoms with Crippen LogP contribution in [0.25, 0.3) is 0 Å². The van der Waals surface area contributed by atoms with Crippen LogP contribution in [-0.2, 0) is 9.59 Å². The molecule has 0 atom stereocenters. The second-order valence-electron chi connectivity index (χ2n) is 5.58. The molecule has 0 saturated carbocycles. The van der Waals surface area contributed by atoms with Crippen molar-refractivity contribution in [3.05, 3.63) is 23.5 Å². The fourth-order valence-corrected chi connectivity index (χ4v) is 2.35. The van der Waals surface area contributed by atoms with Gasteiger partial charge in [0.2, 0.25) is 11.6 Å². The van der Waals surface area contributed by atoms with Crippen molar-refractivity contribution < 1.29 is 27.2 Å². The third-order valence-corrected chi connectivity index (χ3v) is 3.47. The van der Waals surface area contributed by atoms with Gasteiger partial charge < -0.3 is 15.1 Å². The summed E-state index contributed by atoms with van der Waals surface area (Å²) in [6, 6.07) is -0.214. The number of pyridine rings is 1. The number of aromatic nitrogens is 1. The van der Waals surface area contributed by atoms with Gasteiger partial charge in [-0.1, -0.05) is 0 Å². The number of hydrogen-bond acceptors (Lipinski definition) is 4. The predicted octanol–water partition coefficient (Wildman–Crippen LogP) is 0.811. The van der Waals surface area contributed by atoms with E-state index in [2.05, 4.69) is 10.3 Å². The standard InChI is InChI=1S/C14H16F4N4O2/c1-7(2)19-13(23)14(24)22-5-3-21(4-6-22)10-8(15)11(17)20-12(18)9(10)16/h7H,3-6H2,1-2H3,(H,19,23). The Morgan fingerprint density at radius 3 is 1.96 bits per heavy atom. The van der Waals surface area contributed by atoms with Crippen molar-refractivity contribution in [2.75, 3.05) is 31.1 Å². The summed E-state index contributed by atoms with van der Waals surface area (Å²) in [5.41, 5.74) is -0.862. The van der Waals surface area contributed by atoms with Gasteiger partial charge in [-0.05, 0) is 13.8 Å². The fourth-order valence-electron chi connectivity index (χ4n) is 2.35. The molecule has 0 aromatic carbocycles. The lowest BCUT2D eigenvalue weighted by Crippen LogP contribution is -2.53. The molecular formula is C14H16F4N4O2. The number of carbonyl (C=O) groups excluding carboxylic acids is 2. The number of hydrogen-bond donors (Lipinski definition) is 1. The Morgan fingerprint density at radius 1 is 1.00 bits per heavy atom. The average molecular weight is 348 g/mol. The molecule has 1 aromatic rings. The Kier molecular flexibility index (Phi) is 5.25. The second kappa shape index (κ2) is 7.02. The van der Waals surface area contributed by atoms with Gasteiger partial charge in [0, 0.05) is 32.2 Å². The summed E-state index contributed by atoms with van der Waals surface area (Å²) in [4.78, 5) is 28.4. The molecule has 10 heteroatoms. The number of rotatable bonds is 2. The normalized spacial score (nSPS) is 15.0. The SMILES string of the molecule is CC(C)NC(=O)C(=O)N1CCN(c2c(F)c(F)nc(F)c2F)CC1. The number of nitrogens with zero attached hydrogens (tertiary/aromatic N) is 3. The lowest BCUT2D eigenvalue weighted by Gasteiger charge is -2.35. The summed E-state index contributed by atoms with van der Waals surface area (Å²) in [5.74, 6) is -8.21.